The number of nitrogens with zero attached hydrogens (tertiary/aromatic N) is 12. The maximum Gasteiger partial charge on any atom is 0.363 e. The van der Waals surface area contributed by atoms with Gasteiger partial charge in [0.25, 0.3) is 0 Å². The lowest BCUT2D eigenvalue weighted by molar-refractivity contribution is -0.121. The van der Waals surface area contributed by atoms with Crippen LogP contribution >= 0.6 is 12.4 Å². The lowest BCUT2D eigenvalue weighted by Gasteiger charge is -2.48. The van der Waals surface area contributed by atoms with E-state index in [1.165, 1.54) is 19.6 Å². The molecule has 4 heterocycles. The summed E-state index contributed by atoms with van der Waals surface area (Å²) >= 11 is 0. The van der Waals surface area contributed by atoms with Gasteiger partial charge < -0.3 is 29.1 Å². The zero-order valence-electron chi connectivity index (χ0n) is 48.9. The minimum atomic E-state index is -2.87. The molecule has 0 unspecified atom stereocenters. The molecule has 18 nitrogen and oxygen atoms in total. The van der Waals surface area contributed by atoms with Crippen LogP contribution in [0, 0.1) is 0 Å². The van der Waals surface area contributed by atoms with Crippen LogP contribution in [0.25, 0.3) is 0 Å². The standard InChI is InChI=1S/2C21H32N6O3.ClH/c2*1-4-19(28)27(18-9-7-6-8-10-18)21(17-30-3)11-13-24(14-12-21)15-16-26-20(29)25(5-2)22-23-26;/h2*6-10H,4-5,11-17H2,1-3H3;1H/i2*3D3,15D2,16D2;. The number of aryl methyl sites for hydroxylation is 4. The summed E-state index contributed by atoms with van der Waals surface area (Å²) in [7, 11) is -5.42. The Morgan fingerprint density at radius 3 is 1.25 bits per heavy atom. The average Bonchev–Trinajstić information content (AvgIpc) is 3.94. The smallest absolute Gasteiger partial charge is 0.363 e. The van der Waals surface area contributed by atoms with Crippen LogP contribution in [-0.4, -0.2) is 139 Å². The molecule has 2 amide bonds. The molecule has 0 aliphatic carbocycles. The molecule has 336 valence electrons. The van der Waals surface area contributed by atoms with Crippen LogP contribution in [-0.2, 0) is 45.1 Å². The predicted molar refractivity (Wildman–Crippen MR) is 236 cm³/mol. The molecule has 6 rings (SSSR count). The number of para-hydroxylation sites is 2. The molecule has 0 bridgehead atoms. The number of piperidine rings is 2. The summed E-state index contributed by atoms with van der Waals surface area (Å²) < 4.78 is 127. The predicted octanol–water partition coefficient (Wildman–Crippen LogP) is 3.19. The molecule has 2 aliphatic rings. The van der Waals surface area contributed by atoms with Crippen molar-refractivity contribution in [1.29, 1.82) is 0 Å². The van der Waals surface area contributed by atoms with Gasteiger partial charge in [-0.1, -0.05) is 50.2 Å². The minimum absolute atomic E-state index is 0. The summed E-state index contributed by atoms with van der Waals surface area (Å²) in [5, 5.41) is 14.3. The van der Waals surface area contributed by atoms with E-state index in [-0.39, 0.29) is 115 Å². The van der Waals surface area contributed by atoms with Crippen molar-refractivity contribution in [3.63, 3.8) is 0 Å². The fourth-order valence-corrected chi connectivity index (χ4v) is 7.36. The van der Waals surface area contributed by atoms with Crippen molar-refractivity contribution in [3.05, 3.63) is 81.6 Å². The number of rotatable bonds is 18. The number of ether oxygens (including phenoxy) is 2. The molecule has 0 N–H and O–H groups in total. The number of benzene rings is 2. The molecule has 2 fully saturated rings. The first-order chi connectivity index (χ1) is 34.4. The fraction of sp³-hybridized carbons (Fsp3) is 0.619. The number of aromatic nitrogens is 8. The number of hydrogen-bond acceptors (Lipinski definition) is 12. The molecule has 0 atom stereocenters. The number of tetrazole rings is 2. The Kier molecular flexibility index (Phi) is 12.3. The van der Waals surface area contributed by atoms with Gasteiger partial charge in [-0.05, 0) is 84.6 Å². The van der Waals surface area contributed by atoms with E-state index in [2.05, 4.69) is 20.9 Å². The lowest BCUT2D eigenvalue weighted by atomic mass is 9.85. The van der Waals surface area contributed by atoms with Gasteiger partial charge in [0.15, 0.2) is 0 Å². The van der Waals surface area contributed by atoms with Gasteiger partial charge in [0, 0.05) is 96.0 Å². The Morgan fingerprint density at radius 1 is 0.607 bits per heavy atom. The van der Waals surface area contributed by atoms with Crippen molar-refractivity contribution in [1.82, 2.24) is 49.4 Å². The molecule has 19 heteroatoms. The molecule has 0 saturated carbocycles. The van der Waals surface area contributed by atoms with Gasteiger partial charge in [0.2, 0.25) is 11.8 Å². The molecule has 4 aromatic rings. The van der Waals surface area contributed by atoms with Crippen molar-refractivity contribution in [2.75, 3.05) is 76.3 Å². The van der Waals surface area contributed by atoms with Crippen molar-refractivity contribution in [3.8, 4) is 0 Å². The molecular formula is C42H65ClN12O6. The number of likely N-dealkylation sites (tertiary alicyclic amines) is 2. The van der Waals surface area contributed by atoms with E-state index in [9.17, 15) is 19.2 Å². The molecule has 2 saturated heterocycles. The van der Waals surface area contributed by atoms with Crippen LogP contribution in [0.3, 0.4) is 0 Å². The first-order valence-corrected chi connectivity index (χ1v) is 20.0. The van der Waals surface area contributed by atoms with E-state index in [1.807, 2.05) is 0 Å². The zero-order chi connectivity index (χ0) is 55.3. The van der Waals surface area contributed by atoms with Crippen molar-refractivity contribution in [2.24, 2.45) is 0 Å². The fourth-order valence-electron chi connectivity index (χ4n) is 7.36. The Labute approximate surface area is 384 Å². The maximum absolute atomic E-state index is 13.2. The van der Waals surface area contributed by atoms with E-state index in [0.717, 1.165) is 9.36 Å². The summed E-state index contributed by atoms with van der Waals surface area (Å²) in [6.07, 6.45) is 0.665. The third kappa shape index (κ3) is 11.8. The monoisotopic (exact) mass is 883 g/mol. The molecule has 2 aromatic heterocycles. The molecule has 2 aromatic carbocycles. The minimum Gasteiger partial charge on any atom is -0.382 e. The molecular weight excluding hydrogens is 804 g/mol. The maximum atomic E-state index is 13.2. The molecule has 0 spiro atoms. The largest absolute Gasteiger partial charge is 0.382 e. The molecule has 2 aliphatic heterocycles. The molecule has 61 heavy (non-hydrogen) atoms. The Bertz CT molecular complexity index is 2440. The topological polar surface area (TPSA) is 171 Å². The number of carbonyl (C=O) groups is 2. The van der Waals surface area contributed by atoms with Gasteiger partial charge in [-0.25, -0.2) is 9.59 Å². The number of halogens is 1. The van der Waals surface area contributed by atoms with E-state index in [1.54, 1.807) is 88.4 Å². The van der Waals surface area contributed by atoms with Crippen molar-refractivity contribution >= 4 is 35.6 Å². The van der Waals surface area contributed by atoms with Crippen LogP contribution in [0.15, 0.2) is 70.3 Å². The van der Waals surface area contributed by atoms with Crippen LogP contribution in [0.4, 0.5) is 11.4 Å². The first kappa shape index (κ1) is 32.0. The SMILES string of the molecule is Cl.[2H]C([2H])([2H])OCC1(N(C(=O)CC)c2ccccc2)CCN(C([2H])([2H])C([2H])([2H])n2nnn(CC)c2=O)CC1.[2H]C([2H])([2H])OCC1(N(C(=O)CC)c2ccccc2)CCN(C([2H])([2H])C([2H])([2H])n2nnn(CC)c2=O)CC1. The van der Waals surface area contributed by atoms with Gasteiger partial charge in [-0.3, -0.25) is 9.59 Å². The third-order valence-corrected chi connectivity index (χ3v) is 10.7. The van der Waals surface area contributed by atoms with Crippen molar-refractivity contribution < 1.29 is 38.3 Å². The van der Waals surface area contributed by atoms with E-state index < -0.39 is 62.5 Å². The highest BCUT2D eigenvalue weighted by atomic mass is 35.5. The number of amides is 2. The van der Waals surface area contributed by atoms with Crippen molar-refractivity contribution in [2.45, 2.75) is 103 Å². The first-order valence-electron chi connectivity index (χ1n) is 27.0. The summed E-state index contributed by atoms with van der Waals surface area (Å²) in [6, 6.07) is 17.5. The summed E-state index contributed by atoms with van der Waals surface area (Å²) in [5.41, 5.74) is -2.89. The zero-order valence-corrected chi connectivity index (χ0v) is 35.7. The van der Waals surface area contributed by atoms with E-state index in [4.69, 9.17) is 28.7 Å². The summed E-state index contributed by atoms with van der Waals surface area (Å²) in [5.74, 6) is -0.510. The van der Waals surface area contributed by atoms with Gasteiger partial charge >= 0.3 is 11.4 Å². The van der Waals surface area contributed by atoms with Gasteiger partial charge in [-0.15, -0.1) is 12.4 Å². The number of carbonyl (C=O) groups excluding carboxylic acids is 2. The van der Waals surface area contributed by atoms with Gasteiger partial charge in [0.05, 0.1) is 51.0 Å². The number of methoxy groups -OCH3 is 2. The average molecular weight is 884 g/mol. The summed E-state index contributed by atoms with van der Waals surface area (Å²) in [4.78, 5) is 56.8. The lowest BCUT2D eigenvalue weighted by Crippen LogP contribution is -2.60. The normalized spacial score (nSPS) is 21.0. The summed E-state index contributed by atoms with van der Waals surface area (Å²) in [6.45, 7) is -5.00. The van der Waals surface area contributed by atoms with Crippen LogP contribution in [0.1, 0.15) is 85.4 Å². The Hall–Kier alpha value is -4.75. The van der Waals surface area contributed by atoms with E-state index >= 15 is 0 Å². The highest BCUT2D eigenvalue weighted by Gasteiger charge is 2.44. The van der Waals surface area contributed by atoms with Crippen LogP contribution in [0.2, 0.25) is 0 Å². The quantitative estimate of drug-likeness (QED) is 0.143. The van der Waals surface area contributed by atoms with Crippen LogP contribution in [0.5, 0.6) is 0 Å². The van der Waals surface area contributed by atoms with E-state index in [0.29, 0.717) is 20.7 Å². The molecule has 0 radical (unpaired) electrons. The van der Waals surface area contributed by atoms with Gasteiger partial charge in [0.1, 0.15) is 0 Å². The third-order valence-electron chi connectivity index (χ3n) is 10.7. The Balaban J connectivity index is 0.000000320. The number of hydrogen-bond donors (Lipinski definition) is 0. The second kappa shape index (κ2) is 23.5. The van der Waals surface area contributed by atoms with Crippen LogP contribution < -0.4 is 21.2 Å². The highest BCUT2D eigenvalue weighted by molar-refractivity contribution is 5.95. The highest BCUT2D eigenvalue weighted by Crippen LogP contribution is 2.36. The second-order valence-corrected chi connectivity index (χ2v) is 14.3. The van der Waals surface area contributed by atoms with Gasteiger partial charge in [-0.2, -0.15) is 18.7 Å². The Morgan fingerprint density at radius 2 is 0.951 bits per heavy atom. The second-order valence-electron chi connectivity index (χ2n) is 14.3. The number of anilines is 2.